The maximum atomic E-state index is 12.7. The number of alkyl halides is 3. The third kappa shape index (κ3) is 2.17. The van der Waals surface area contributed by atoms with Gasteiger partial charge in [0.15, 0.2) is 5.82 Å². The summed E-state index contributed by atoms with van der Waals surface area (Å²) >= 11 is 0. The highest BCUT2D eigenvalue weighted by Crippen LogP contribution is 2.32. The van der Waals surface area contributed by atoms with E-state index in [4.69, 9.17) is 0 Å². The van der Waals surface area contributed by atoms with E-state index in [1.165, 1.54) is 12.1 Å². The molecule has 0 saturated carbocycles. The number of nitrogens with zero attached hydrogens (tertiary/aromatic N) is 2. The molecule has 2 aromatic rings. The van der Waals surface area contributed by atoms with Crippen LogP contribution in [0.3, 0.4) is 0 Å². The molecule has 1 N–H and O–H groups in total. The molecule has 0 saturated heterocycles. The molecule has 1 heterocycles. The summed E-state index contributed by atoms with van der Waals surface area (Å²) in [5.41, 5.74) is -1.43. The fraction of sp³-hybridized carbons (Fsp3) is 0.100. The van der Waals surface area contributed by atoms with Crippen molar-refractivity contribution in [1.82, 2.24) is 15.2 Å². The molecule has 2 rings (SSSR count). The topological polar surface area (TPSA) is 58.6 Å². The van der Waals surface area contributed by atoms with E-state index in [-0.39, 0.29) is 5.82 Å². The summed E-state index contributed by atoms with van der Waals surface area (Å²) in [6, 6.07) is 4.54. The minimum Gasteiger partial charge on any atom is -0.285 e. The van der Waals surface area contributed by atoms with Gasteiger partial charge in [0.2, 0.25) is 5.78 Å². The number of carbonyl (C=O) groups excluding carboxylic acids is 1. The van der Waals surface area contributed by atoms with Crippen LogP contribution in [0.1, 0.15) is 21.7 Å². The SMILES string of the molecule is O=C(c1ncn[nH]1)c1ccccc1C(F)(F)F. The highest BCUT2D eigenvalue weighted by atomic mass is 19.4. The fourth-order valence-corrected chi connectivity index (χ4v) is 1.37. The first-order valence-corrected chi connectivity index (χ1v) is 4.56. The molecule has 0 bridgehead atoms. The summed E-state index contributed by atoms with van der Waals surface area (Å²) in [6.45, 7) is 0. The van der Waals surface area contributed by atoms with E-state index in [0.717, 1.165) is 18.5 Å². The fourth-order valence-electron chi connectivity index (χ4n) is 1.37. The summed E-state index contributed by atoms with van der Waals surface area (Å²) in [5.74, 6) is -1.06. The van der Waals surface area contributed by atoms with Crippen LogP contribution in [0.2, 0.25) is 0 Å². The number of hydrogen-bond acceptors (Lipinski definition) is 3. The van der Waals surface area contributed by atoms with Crippen molar-refractivity contribution in [3.63, 3.8) is 0 Å². The summed E-state index contributed by atoms with van der Waals surface area (Å²) in [7, 11) is 0. The van der Waals surface area contributed by atoms with E-state index in [0.29, 0.717) is 0 Å². The lowest BCUT2D eigenvalue weighted by Crippen LogP contribution is -2.14. The molecule has 0 aliphatic rings. The summed E-state index contributed by atoms with van der Waals surface area (Å²) in [5, 5.41) is 5.66. The Morgan fingerprint density at radius 2 is 1.94 bits per heavy atom. The predicted octanol–water partition coefficient (Wildman–Crippen LogP) is 2.05. The van der Waals surface area contributed by atoms with Crippen molar-refractivity contribution in [2.24, 2.45) is 0 Å². The van der Waals surface area contributed by atoms with Gasteiger partial charge in [-0.3, -0.25) is 9.89 Å². The van der Waals surface area contributed by atoms with Crippen LogP contribution in [0.15, 0.2) is 30.6 Å². The van der Waals surface area contributed by atoms with E-state index < -0.39 is 23.1 Å². The van der Waals surface area contributed by atoms with Gasteiger partial charge in [0.25, 0.3) is 0 Å². The monoisotopic (exact) mass is 241 g/mol. The lowest BCUT2D eigenvalue weighted by atomic mass is 10.0. The highest BCUT2D eigenvalue weighted by Gasteiger charge is 2.35. The number of rotatable bonds is 2. The zero-order valence-corrected chi connectivity index (χ0v) is 8.32. The third-order valence-electron chi connectivity index (χ3n) is 2.11. The van der Waals surface area contributed by atoms with Crippen molar-refractivity contribution in [2.75, 3.05) is 0 Å². The average Bonchev–Trinajstić information content (AvgIpc) is 2.80. The Bertz CT molecular complexity index is 534. The summed E-state index contributed by atoms with van der Waals surface area (Å²) < 4.78 is 38.0. The van der Waals surface area contributed by atoms with Crippen LogP contribution in [0, 0.1) is 0 Å². The van der Waals surface area contributed by atoms with Crippen LogP contribution < -0.4 is 0 Å². The maximum Gasteiger partial charge on any atom is 0.417 e. The molecule has 1 aromatic heterocycles. The van der Waals surface area contributed by atoms with Gasteiger partial charge >= 0.3 is 6.18 Å². The van der Waals surface area contributed by atoms with Gasteiger partial charge in [-0.2, -0.15) is 18.3 Å². The van der Waals surface area contributed by atoms with Crippen molar-refractivity contribution < 1.29 is 18.0 Å². The van der Waals surface area contributed by atoms with E-state index >= 15 is 0 Å². The van der Waals surface area contributed by atoms with E-state index in [1.807, 2.05) is 0 Å². The van der Waals surface area contributed by atoms with E-state index in [1.54, 1.807) is 0 Å². The summed E-state index contributed by atoms with van der Waals surface area (Å²) in [6.07, 6.45) is -3.52. The zero-order chi connectivity index (χ0) is 12.5. The highest BCUT2D eigenvalue weighted by molar-refractivity contribution is 6.07. The Kier molecular flexibility index (Phi) is 2.66. The molecule has 17 heavy (non-hydrogen) atoms. The van der Waals surface area contributed by atoms with Gasteiger partial charge in [-0.1, -0.05) is 18.2 Å². The van der Waals surface area contributed by atoms with Crippen LogP contribution in [-0.2, 0) is 6.18 Å². The second-order valence-corrected chi connectivity index (χ2v) is 3.21. The first kappa shape index (κ1) is 11.3. The van der Waals surface area contributed by atoms with Gasteiger partial charge in [-0.05, 0) is 6.07 Å². The molecule has 0 fully saturated rings. The molecule has 0 unspecified atom stereocenters. The average molecular weight is 241 g/mol. The van der Waals surface area contributed by atoms with Crippen LogP contribution in [-0.4, -0.2) is 21.0 Å². The minimum atomic E-state index is -4.58. The number of benzene rings is 1. The normalized spacial score (nSPS) is 11.5. The van der Waals surface area contributed by atoms with Gasteiger partial charge in [0.05, 0.1) is 5.56 Å². The van der Waals surface area contributed by atoms with Gasteiger partial charge in [0, 0.05) is 5.56 Å². The molecule has 0 radical (unpaired) electrons. The predicted molar refractivity (Wildman–Crippen MR) is 51.3 cm³/mol. The standard InChI is InChI=1S/C10H6F3N3O/c11-10(12,13)7-4-2-1-3-6(7)8(17)9-14-5-15-16-9/h1-5H,(H,14,15,16). The Hall–Kier alpha value is -2.18. The van der Waals surface area contributed by atoms with Crippen molar-refractivity contribution >= 4 is 5.78 Å². The van der Waals surface area contributed by atoms with Crippen molar-refractivity contribution in [3.05, 3.63) is 47.5 Å². The number of halogens is 3. The third-order valence-corrected chi connectivity index (χ3v) is 2.11. The number of aromatic nitrogens is 3. The van der Waals surface area contributed by atoms with Gasteiger partial charge in [-0.15, -0.1) is 0 Å². The molecule has 7 heteroatoms. The van der Waals surface area contributed by atoms with Gasteiger partial charge in [0.1, 0.15) is 6.33 Å². The lowest BCUT2D eigenvalue weighted by molar-refractivity contribution is -0.137. The largest absolute Gasteiger partial charge is 0.417 e. The van der Waals surface area contributed by atoms with E-state index in [9.17, 15) is 18.0 Å². The molecule has 88 valence electrons. The molecule has 1 aromatic carbocycles. The molecule has 0 spiro atoms. The number of aromatic amines is 1. The second-order valence-electron chi connectivity index (χ2n) is 3.21. The summed E-state index contributed by atoms with van der Waals surface area (Å²) in [4.78, 5) is 15.3. The molecular formula is C10H6F3N3O. The van der Waals surface area contributed by atoms with Gasteiger partial charge in [-0.25, -0.2) is 4.98 Å². The number of ketones is 1. The molecule has 0 atom stereocenters. The van der Waals surface area contributed by atoms with Crippen LogP contribution in [0.4, 0.5) is 13.2 Å². The number of nitrogens with one attached hydrogen (secondary N) is 1. The van der Waals surface area contributed by atoms with Crippen molar-refractivity contribution in [1.29, 1.82) is 0 Å². The number of hydrogen-bond donors (Lipinski definition) is 1. The smallest absolute Gasteiger partial charge is 0.285 e. The van der Waals surface area contributed by atoms with E-state index in [2.05, 4.69) is 15.2 Å². The van der Waals surface area contributed by atoms with Gasteiger partial charge < -0.3 is 0 Å². The molecule has 4 nitrogen and oxygen atoms in total. The van der Waals surface area contributed by atoms with Crippen LogP contribution >= 0.6 is 0 Å². The Balaban J connectivity index is 2.50. The van der Waals surface area contributed by atoms with Crippen LogP contribution in [0.5, 0.6) is 0 Å². The second kappa shape index (κ2) is 4.00. The first-order chi connectivity index (χ1) is 8.00. The minimum absolute atomic E-state index is 0.221. The lowest BCUT2D eigenvalue weighted by Gasteiger charge is -2.10. The van der Waals surface area contributed by atoms with Crippen LogP contribution in [0.25, 0.3) is 0 Å². The Morgan fingerprint density at radius 1 is 1.24 bits per heavy atom. The maximum absolute atomic E-state index is 12.7. The molecule has 0 aliphatic heterocycles. The zero-order valence-electron chi connectivity index (χ0n) is 8.32. The number of H-pyrrole nitrogens is 1. The van der Waals surface area contributed by atoms with Crippen molar-refractivity contribution in [2.45, 2.75) is 6.18 Å². The molecule has 0 amide bonds. The Morgan fingerprint density at radius 3 is 2.53 bits per heavy atom. The first-order valence-electron chi connectivity index (χ1n) is 4.56. The number of carbonyl (C=O) groups is 1. The molecular weight excluding hydrogens is 235 g/mol. The quantitative estimate of drug-likeness (QED) is 0.818. The molecule has 0 aliphatic carbocycles. The van der Waals surface area contributed by atoms with Crippen molar-refractivity contribution in [3.8, 4) is 0 Å². The Labute approximate surface area is 93.5 Å².